The summed E-state index contributed by atoms with van der Waals surface area (Å²) in [6.45, 7) is 13.3. The fourth-order valence-electron chi connectivity index (χ4n) is 8.92. The van der Waals surface area contributed by atoms with Gasteiger partial charge in [0.1, 0.15) is 48.7 Å². The van der Waals surface area contributed by atoms with E-state index in [4.69, 9.17) is 52.8 Å². The van der Waals surface area contributed by atoms with Crippen molar-refractivity contribution in [3.8, 4) is 0 Å². The maximum Gasteiger partial charge on any atom is 0.471 e. The molecule has 2 aliphatic heterocycles. The van der Waals surface area contributed by atoms with Crippen molar-refractivity contribution in [2.24, 2.45) is 0 Å². The summed E-state index contributed by atoms with van der Waals surface area (Å²) in [5, 5.41) is 34.8. The van der Waals surface area contributed by atoms with Crippen LogP contribution in [0.2, 0.25) is 0 Å². The zero-order valence-electron chi connectivity index (χ0n) is 50.2. The van der Waals surface area contributed by atoms with E-state index in [-0.39, 0.29) is 55.9 Å². The number of benzene rings is 2. The van der Waals surface area contributed by atoms with Gasteiger partial charge in [-0.2, -0.15) is 34.8 Å². The molecule has 0 unspecified atom stereocenters. The van der Waals surface area contributed by atoms with Gasteiger partial charge in [0.15, 0.2) is 12.6 Å². The van der Waals surface area contributed by atoms with Crippen molar-refractivity contribution < 1.29 is 110 Å². The number of rotatable bonds is 36. The van der Waals surface area contributed by atoms with Gasteiger partial charge in [0.05, 0.1) is 48.4 Å². The number of alkyl halides is 6. The van der Waals surface area contributed by atoms with Crippen molar-refractivity contribution >= 4 is 41.7 Å². The summed E-state index contributed by atoms with van der Waals surface area (Å²) < 4.78 is 175. The zero-order chi connectivity index (χ0) is 65.4. The molecule has 20 nitrogen and oxygen atoms in total. The second-order valence-corrected chi connectivity index (χ2v) is 24.8. The van der Waals surface area contributed by atoms with Gasteiger partial charge in [0, 0.05) is 38.1 Å². The summed E-state index contributed by atoms with van der Waals surface area (Å²) in [6.07, 6.45) is -6.36. The summed E-state index contributed by atoms with van der Waals surface area (Å²) in [7, 11) is 0.387. The fraction of sp³-hybridized carbons (Fsp3) is 0.695. The monoisotopic (exact) mass is 1330 g/mol. The predicted molar refractivity (Wildman–Crippen MR) is 317 cm³/mol. The quantitative estimate of drug-likeness (QED) is 0.0140. The van der Waals surface area contributed by atoms with Crippen LogP contribution in [0.25, 0.3) is 0 Å². The standard InChI is InChI=1S/C29H44F3NO9S.C22H38F3NO7.C7H7ClO2S.CH4/c1-5-7-8-9-10-11-21(38-4)16-18-39-26-24(33-28(35)29(30,31)32)27(40-17-6-2)42-23(25(26)34)19-41-43(36,37)22-14-12-20(3)13-15-22;1-4-6-7-8-9-10-15(30-3)11-13-31-19-17(26-21(29)22(23,24)25)20(32-12-5-2)33-16(14-27)18(19)28;1-6-2-4-7(5-3-6)11(8,9)10;/h6,12-15,21,23-27,34H,2,5,7-11,16-19H2,1,3-4H3,(H,33,35);5,15-20,27-28H,2,4,6-14H2,1,3H3,(H,26,29);2-5H,1H3;1H4/t21-,23-,24-,25-,26-,27+;15-,16-,17-,18-,19-,20+;;/m11../s1. The molecule has 0 bridgehead atoms. The molecule has 2 saturated heterocycles. The Morgan fingerprint density at radius 2 is 1.00 bits per heavy atom. The number of aryl methyl sites for hydroxylation is 2. The molecule has 2 amide bonds. The molecule has 88 heavy (non-hydrogen) atoms. The summed E-state index contributed by atoms with van der Waals surface area (Å²) >= 11 is 0. The van der Waals surface area contributed by atoms with E-state index in [2.05, 4.69) is 27.0 Å². The maximum absolute atomic E-state index is 13.2. The van der Waals surface area contributed by atoms with Crippen molar-refractivity contribution in [3.05, 3.63) is 85.0 Å². The van der Waals surface area contributed by atoms with E-state index in [0.29, 0.717) is 12.8 Å². The topological polar surface area (TPSA) is 270 Å². The first-order valence-electron chi connectivity index (χ1n) is 28.8. The van der Waals surface area contributed by atoms with Gasteiger partial charge in [-0.25, -0.2) is 8.42 Å². The average molecular weight is 1330 g/mol. The maximum atomic E-state index is 13.2. The zero-order valence-corrected chi connectivity index (χ0v) is 52.6. The Balaban J connectivity index is 0.000000757. The molecule has 0 saturated carbocycles. The largest absolute Gasteiger partial charge is 0.471 e. The molecule has 2 fully saturated rings. The molecule has 4 rings (SSSR count). The highest BCUT2D eigenvalue weighted by atomic mass is 35.7. The van der Waals surface area contributed by atoms with Gasteiger partial charge in [0.2, 0.25) is 0 Å². The summed E-state index contributed by atoms with van der Waals surface area (Å²) in [5.41, 5.74) is 1.83. The Bertz CT molecular complexity index is 2510. The third kappa shape index (κ3) is 30.1. The fourth-order valence-corrected chi connectivity index (χ4v) is 10.6. The van der Waals surface area contributed by atoms with E-state index in [1.165, 1.54) is 42.8 Å². The van der Waals surface area contributed by atoms with Gasteiger partial charge >= 0.3 is 24.2 Å². The number of aliphatic hydroxyl groups is 3. The third-order valence-corrected chi connectivity index (χ3v) is 16.5. The predicted octanol–water partition coefficient (Wildman–Crippen LogP) is 9.21. The first kappa shape index (κ1) is 82.2. The van der Waals surface area contributed by atoms with Gasteiger partial charge in [-0.05, 0) is 63.8 Å². The summed E-state index contributed by atoms with van der Waals surface area (Å²) in [5.74, 6) is -4.50. The third-order valence-electron chi connectivity index (χ3n) is 13.8. The van der Waals surface area contributed by atoms with E-state index < -0.39 is 118 Å². The summed E-state index contributed by atoms with van der Waals surface area (Å²) in [6, 6.07) is 9.17. The van der Waals surface area contributed by atoms with Gasteiger partial charge in [-0.3, -0.25) is 13.8 Å². The number of carbonyl (C=O) groups excluding carboxylic acids is 2. The molecule has 2 aromatic rings. The Labute approximate surface area is 519 Å². The number of halogens is 7. The van der Waals surface area contributed by atoms with Crippen molar-refractivity contribution in [1.29, 1.82) is 0 Å². The minimum absolute atomic E-state index is 0. The van der Waals surface area contributed by atoms with Crippen LogP contribution in [0.5, 0.6) is 0 Å². The number of methoxy groups -OCH3 is 2. The smallest absolute Gasteiger partial charge is 0.394 e. The van der Waals surface area contributed by atoms with Gasteiger partial charge in [0.25, 0.3) is 19.2 Å². The Morgan fingerprint density at radius 1 is 0.625 bits per heavy atom. The van der Waals surface area contributed by atoms with Crippen LogP contribution < -0.4 is 10.6 Å². The SMILES string of the molecule is C.C=CCO[C@H]1O[C@H](CO)[C@@H](O)[C@H](OCC[C@@H](CCCCCCC)OC)[C@H]1NC(=O)C(F)(F)F.C=CCO[C@H]1O[C@H](COS(=O)(=O)c2ccc(C)cc2)[C@@H](O)[C@H](OCC[C@@H](CCCCCCC)OC)[C@H]1NC(=O)C(F)(F)F.Cc1ccc(S(=O)(=O)Cl)cc1. The summed E-state index contributed by atoms with van der Waals surface area (Å²) in [4.78, 5) is 23.5. The van der Waals surface area contributed by atoms with Crippen LogP contribution in [0.15, 0.2) is 83.6 Å². The van der Waals surface area contributed by atoms with Crippen molar-refractivity contribution in [2.75, 3.05) is 53.9 Å². The van der Waals surface area contributed by atoms with Crippen molar-refractivity contribution in [2.45, 2.75) is 221 Å². The Morgan fingerprint density at radius 3 is 1.35 bits per heavy atom. The van der Waals surface area contributed by atoms with Crippen LogP contribution in [-0.4, -0.2) is 184 Å². The minimum atomic E-state index is -5.24. The van der Waals surface area contributed by atoms with E-state index in [9.17, 15) is 68.1 Å². The second-order valence-electron chi connectivity index (χ2n) is 20.7. The molecule has 0 aliphatic carbocycles. The second kappa shape index (κ2) is 42.3. The Kier molecular flexibility index (Phi) is 39.5. The molecule has 2 aliphatic rings. The van der Waals surface area contributed by atoms with Gasteiger partial charge in [-0.15, -0.1) is 13.2 Å². The molecule has 0 spiro atoms. The van der Waals surface area contributed by atoms with Crippen LogP contribution >= 0.6 is 10.7 Å². The van der Waals surface area contributed by atoms with E-state index in [0.717, 1.165) is 81.8 Å². The number of carbonyl (C=O) groups is 2. The number of hydrogen-bond donors (Lipinski definition) is 5. The molecule has 29 heteroatoms. The first-order valence-corrected chi connectivity index (χ1v) is 32.5. The molecule has 2 heterocycles. The molecule has 2 aromatic carbocycles. The van der Waals surface area contributed by atoms with E-state index in [1.54, 1.807) is 56.0 Å². The van der Waals surface area contributed by atoms with Crippen LogP contribution in [0.1, 0.15) is 122 Å². The lowest BCUT2D eigenvalue weighted by Crippen LogP contribution is -2.66. The van der Waals surface area contributed by atoms with Crippen molar-refractivity contribution in [1.82, 2.24) is 10.6 Å². The number of hydrogen-bond acceptors (Lipinski definition) is 18. The molecule has 12 atom stereocenters. The molecular weight excluding hydrogens is 1240 g/mol. The molecule has 508 valence electrons. The molecule has 0 aromatic heterocycles. The number of amides is 2. The van der Waals surface area contributed by atoms with E-state index in [1.807, 2.05) is 6.92 Å². The van der Waals surface area contributed by atoms with Gasteiger partial charge < -0.3 is 63.8 Å². The molecule has 5 N–H and O–H groups in total. The number of nitrogens with one attached hydrogen (secondary N) is 2. The molecular formula is C59H93ClF6N2O18S2. The molecule has 0 radical (unpaired) electrons. The average Bonchev–Trinajstić information content (AvgIpc) is 1.39. The number of ether oxygens (including phenoxy) is 8. The highest BCUT2D eigenvalue weighted by Crippen LogP contribution is 2.30. The lowest BCUT2D eigenvalue weighted by Gasteiger charge is -2.44. The number of aliphatic hydroxyl groups excluding tert-OH is 3. The first-order chi connectivity index (χ1) is 41.0. The van der Waals surface area contributed by atoms with Crippen LogP contribution in [0.4, 0.5) is 26.3 Å². The van der Waals surface area contributed by atoms with Crippen LogP contribution in [0, 0.1) is 13.8 Å². The lowest BCUT2D eigenvalue weighted by atomic mass is 9.96. The Hall–Kier alpha value is -3.85. The van der Waals surface area contributed by atoms with Crippen LogP contribution in [0.3, 0.4) is 0 Å². The van der Waals surface area contributed by atoms with Crippen LogP contribution in [-0.2, 0) is 70.8 Å². The lowest BCUT2D eigenvalue weighted by molar-refractivity contribution is -0.276. The number of unbranched alkanes of at least 4 members (excludes halogenated alkanes) is 8. The van der Waals surface area contributed by atoms with Crippen molar-refractivity contribution in [3.63, 3.8) is 0 Å². The highest BCUT2D eigenvalue weighted by Gasteiger charge is 2.52. The highest BCUT2D eigenvalue weighted by molar-refractivity contribution is 8.13. The normalized spacial score (nSPS) is 23.0. The van der Waals surface area contributed by atoms with E-state index >= 15 is 0 Å². The minimum Gasteiger partial charge on any atom is -0.394 e. The van der Waals surface area contributed by atoms with Gasteiger partial charge in [-0.1, -0.05) is 133 Å².